The Balaban J connectivity index is 1.35. The Morgan fingerprint density at radius 1 is 0.921 bits per heavy atom. The second-order valence-electron chi connectivity index (χ2n) is 10.9. The van der Waals surface area contributed by atoms with Gasteiger partial charge in [0.25, 0.3) is 0 Å². The van der Waals surface area contributed by atoms with E-state index >= 15 is 0 Å². The summed E-state index contributed by atoms with van der Waals surface area (Å²) in [5.74, 6) is -0.0683. The molecule has 0 bridgehead atoms. The van der Waals surface area contributed by atoms with Crippen LogP contribution in [0.3, 0.4) is 0 Å². The summed E-state index contributed by atoms with van der Waals surface area (Å²) < 4.78 is 0. The highest BCUT2D eigenvalue weighted by Gasteiger charge is 2.22. The first-order valence-electron chi connectivity index (χ1n) is 12.8. The van der Waals surface area contributed by atoms with Crippen molar-refractivity contribution < 1.29 is 4.79 Å². The number of nitrogens with one attached hydrogen (secondary N) is 3. The number of pyridine rings is 3. The fourth-order valence-corrected chi connectivity index (χ4v) is 4.71. The van der Waals surface area contributed by atoms with Gasteiger partial charge < -0.3 is 20.1 Å². The lowest BCUT2D eigenvalue weighted by atomic mass is 9.95. The summed E-state index contributed by atoms with van der Waals surface area (Å²) in [4.78, 5) is 34.2. The number of hydrogen-bond acceptors (Lipinski definition) is 7. The van der Waals surface area contributed by atoms with E-state index in [1.165, 1.54) is 0 Å². The number of piperazine rings is 1. The minimum absolute atomic E-state index is 0.0683. The number of carbonyl (C=O) groups is 1. The fourth-order valence-electron chi connectivity index (χ4n) is 4.71. The largest absolute Gasteiger partial charge is 0.367 e. The first-order chi connectivity index (χ1) is 18.3. The molecule has 1 saturated heterocycles. The second-order valence-corrected chi connectivity index (χ2v) is 10.9. The van der Waals surface area contributed by atoms with Crippen LogP contribution in [0.4, 0.5) is 11.4 Å². The smallest absolute Gasteiger partial charge is 0.229 e. The number of anilines is 2. The van der Waals surface area contributed by atoms with E-state index in [4.69, 9.17) is 0 Å². The van der Waals surface area contributed by atoms with Crippen LogP contribution in [0.5, 0.6) is 0 Å². The number of carbonyl (C=O) groups excluding carboxylic acids is 1. The molecule has 1 amide bonds. The third kappa shape index (κ3) is 4.47. The predicted octanol–water partition coefficient (Wildman–Crippen LogP) is 4.30. The Morgan fingerprint density at radius 3 is 2.50 bits per heavy atom. The number of amides is 1. The van der Waals surface area contributed by atoms with E-state index in [-0.39, 0.29) is 5.91 Å². The molecule has 38 heavy (non-hydrogen) atoms. The number of rotatable bonds is 4. The van der Waals surface area contributed by atoms with Crippen LogP contribution in [0.25, 0.3) is 44.5 Å². The Bertz CT molecular complexity index is 1640. The number of fused-ring (bicyclic) bond motifs is 2. The summed E-state index contributed by atoms with van der Waals surface area (Å²) in [7, 11) is 2.16. The molecule has 0 aliphatic carbocycles. The van der Waals surface area contributed by atoms with Crippen molar-refractivity contribution in [2.45, 2.75) is 20.8 Å². The van der Waals surface area contributed by atoms with Crippen LogP contribution < -0.4 is 10.2 Å². The predicted molar refractivity (Wildman–Crippen MR) is 150 cm³/mol. The van der Waals surface area contributed by atoms with Crippen molar-refractivity contribution in [1.29, 1.82) is 0 Å². The summed E-state index contributed by atoms with van der Waals surface area (Å²) in [5.41, 5.74) is 6.37. The molecule has 194 valence electrons. The molecule has 6 rings (SSSR count). The summed E-state index contributed by atoms with van der Waals surface area (Å²) in [5, 5.41) is 12.8. The molecule has 1 aliphatic heterocycles. The molecule has 1 aliphatic rings. The van der Waals surface area contributed by atoms with Gasteiger partial charge in [0.1, 0.15) is 5.69 Å². The number of hydrogen-bond donors (Lipinski definition) is 3. The van der Waals surface area contributed by atoms with Gasteiger partial charge in [-0.2, -0.15) is 5.10 Å². The summed E-state index contributed by atoms with van der Waals surface area (Å²) in [6.07, 6.45) is 8.99. The van der Waals surface area contributed by atoms with Crippen LogP contribution in [-0.4, -0.2) is 74.2 Å². The van der Waals surface area contributed by atoms with Crippen molar-refractivity contribution in [3.63, 3.8) is 0 Å². The van der Waals surface area contributed by atoms with Crippen molar-refractivity contribution >= 4 is 39.1 Å². The molecule has 0 saturated carbocycles. The Morgan fingerprint density at radius 2 is 1.71 bits per heavy atom. The van der Waals surface area contributed by atoms with Crippen LogP contribution in [0, 0.1) is 5.41 Å². The average molecular weight is 510 g/mol. The van der Waals surface area contributed by atoms with Gasteiger partial charge in [-0.25, -0.2) is 0 Å². The molecule has 10 nitrogen and oxygen atoms in total. The molecule has 5 aromatic heterocycles. The molecular formula is C28H31N9O. The maximum Gasteiger partial charge on any atom is 0.229 e. The van der Waals surface area contributed by atoms with Crippen LogP contribution >= 0.6 is 0 Å². The van der Waals surface area contributed by atoms with Gasteiger partial charge in [0.15, 0.2) is 0 Å². The minimum Gasteiger partial charge on any atom is -0.367 e. The van der Waals surface area contributed by atoms with E-state index in [2.05, 4.69) is 58.4 Å². The van der Waals surface area contributed by atoms with Gasteiger partial charge >= 0.3 is 0 Å². The highest BCUT2D eigenvalue weighted by molar-refractivity contribution is 6.00. The van der Waals surface area contributed by atoms with Crippen molar-refractivity contribution in [3.05, 3.63) is 49.2 Å². The van der Waals surface area contributed by atoms with Gasteiger partial charge in [-0.15, -0.1) is 0 Å². The van der Waals surface area contributed by atoms with Crippen molar-refractivity contribution in [3.8, 4) is 22.6 Å². The highest BCUT2D eigenvalue weighted by atomic mass is 16.2. The molecule has 1 fully saturated rings. The third-order valence-electron chi connectivity index (χ3n) is 7.04. The molecule has 0 spiro atoms. The molecule has 0 atom stereocenters. The molecule has 0 radical (unpaired) electrons. The fraction of sp³-hybridized carbons (Fsp3) is 0.321. The number of aromatic nitrogens is 6. The van der Waals surface area contributed by atoms with E-state index in [1.807, 2.05) is 45.3 Å². The van der Waals surface area contributed by atoms with Gasteiger partial charge in [0.05, 0.1) is 58.6 Å². The van der Waals surface area contributed by atoms with Crippen molar-refractivity contribution in [1.82, 2.24) is 35.0 Å². The first kappa shape index (κ1) is 24.1. The summed E-state index contributed by atoms with van der Waals surface area (Å²) in [6, 6.07) is 6.05. The maximum atomic E-state index is 12.5. The van der Waals surface area contributed by atoms with Crippen LogP contribution in [0.2, 0.25) is 0 Å². The van der Waals surface area contributed by atoms with E-state index in [9.17, 15) is 4.79 Å². The summed E-state index contributed by atoms with van der Waals surface area (Å²) >= 11 is 0. The molecule has 0 unspecified atom stereocenters. The van der Waals surface area contributed by atoms with Gasteiger partial charge in [0.2, 0.25) is 5.91 Å². The zero-order chi connectivity index (χ0) is 26.4. The molecule has 6 heterocycles. The van der Waals surface area contributed by atoms with Crippen LogP contribution in [-0.2, 0) is 4.79 Å². The lowest BCUT2D eigenvalue weighted by molar-refractivity contribution is -0.123. The lowest BCUT2D eigenvalue weighted by Gasteiger charge is -2.34. The molecule has 10 heteroatoms. The summed E-state index contributed by atoms with van der Waals surface area (Å²) in [6.45, 7) is 9.65. The maximum absolute atomic E-state index is 12.5. The highest BCUT2D eigenvalue weighted by Crippen LogP contribution is 2.34. The molecular weight excluding hydrogens is 478 g/mol. The number of likely N-dealkylation sites (N-methyl/N-ethyl adjacent to an activating group) is 1. The standard InChI is InChI=1S/C28H31N9O/c1-28(2,3)27(38)32-18-9-17(12-29-13-18)21-11-20-24(15-31-21)34-35-26(20)22-10-19-23(33-22)14-30-16-25(19)37-7-5-36(4)6-8-37/h9-16,33H,5-8H2,1-4H3,(H,32,38)(H,34,35). The van der Waals surface area contributed by atoms with Gasteiger partial charge in [-0.05, 0) is 25.2 Å². The van der Waals surface area contributed by atoms with Gasteiger partial charge in [-0.1, -0.05) is 20.8 Å². The topological polar surface area (TPSA) is 119 Å². The monoisotopic (exact) mass is 509 g/mol. The first-order valence-corrected chi connectivity index (χ1v) is 12.8. The van der Waals surface area contributed by atoms with Gasteiger partial charge in [-0.3, -0.25) is 24.8 Å². The van der Waals surface area contributed by atoms with E-state index in [0.29, 0.717) is 5.69 Å². The van der Waals surface area contributed by atoms with Crippen molar-refractivity contribution in [2.24, 2.45) is 5.41 Å². The van der Waals surface area contributed by atoms with E-state index < -0.39 is 5.41 Å². The molecule has 0 aromatic carbocycles. The minimum atomic E-state index is -0.502. The van der Waals surface area contributed by atoms with Crippen molar-refractivity contribution in [2.75, 3.05) is 43.4 Å². The normalized spacial score (nSPS) is 14.9. The Kier molecular flexibility index (Phi) is 5.83. The zero-order valence-corrected chi connectivity index (χ0v) is 22.0. The lowest BCUT2D eigenvalue weighted by Crippen LogP contribution is -2.44. The van der Waals surface area contributed by atoms with E-state index in [1.54, 1.807) is 18.6 Å². The van der Waals surface area contributed by atoms with E-state index in [0.717, 1.165) is 76.3 Å². The Labute approximate surface area is 220 Å². The quantitative estimate of drug-likeness (QED) is 0.330. The second kappa shape index (κ2) is 9.21. The average Bonchev–Trinajstić information content (AvgIpc) is 3.52. The molecule has 3 N–H and O–H groups in total. The number of nitrogens with zero attached hydrogens (tertiary/aromatic N) is 6. The third-order valence-corrected chi connectivity index (χ3v) is 7.04. The van der Waals surface area contributed by atoms with Crippen LogP contribution in [0.1, 0.15) is 20.8 Å². The molecule has 5 aromatic rings. The zero-order valence-electron chi connectivity index (χ0n) is 22.0. The number of H-pyrrole nitrogens is 2. The van der Waals surface area contributed by atoms with Crippen LogP contribution in [0.15, 0.2) is 49.2 Å². The SMILES string of the molecule is CN1CCN(c2cncc3[nH]c(-c4n[nH]c5cnc(-c6cncc(NC(=O)C(C)(C)C)c6)cc45)cc23)CC1. The Hall–Kier alpha value is -4.31. The number of aromatic amines is 2. The van der Waals surface area contributed by atoms with Gasteiger partial charge in [0, 0.05) is 54.1 Å².